The van der Waals surface area contributed by atoms with Gasteiger partial charge in [-0.05, 0) is 55.2 Å². The molecule has 1 aromatic carbocycles. The van der Waals surface area contributed by atoms with E-state index in [0.29, 0.717) is 30.9 Å². The van der Waals surface area contributed by atoms with Gasteiger partial charge in [0.25, 0.3) is 5.91 Å². The van der Waals surface area contributed by atoms with E-state index in [1.165, 1.54) is 0 Å². The van der Waals surface area contributed by atoms with Crippen molar-refractivity contribution in [1.82, 2.24) is 20.5 Å². The Bertz CT molecular complexity index is 1010. The first-order valence-corrected chi connectivity index (χ1v) is 11.0. The highest BCUT2D eigenvalue weighted by molar-refractivity contribution is 6.09. The number of benzene rings is 1. The predicted molar refractivity (Wildman–Crippen MR) is 122 cm³/mol. The molecule has 9 heteroatoms. The van der Waals surface area contributed by atoms with Gasteiger partial charge in [0.15, 0.2) is 11.5 Å². The summed E-state index contributed by atoms with van der Waals surface area (Å²) >= 11 is 0. The van der Waals surface area contributed by atoms with Gasteiger partial charge in [-0.3, -0.25) is 19.5 Å². The second kappa shape index (κ2) is 10.3. The van der Waals surface area contributed by atoms with Crippen molar-refractivity contribution in [2.45, 2.75) is 51.8 Å². The zero-order chi connectivity index (χ0) is 24.0. The highest BCUT2D eigenvalue weighted by Crippen LogP contribution is 2.31. The van der Waals surface area contributed by atoms with Gasteiger partial charge in [0.05, 0.1) is 13.2 Å². The van der Waals surface area contributed by atoms with Crippen molar-refractivity contribution < 1.29 is 23.9 Å². The van der Waals surface area contributed by atoms with Gasteiger partial charge in [-0.1, -0.05) is 19.9 Å². The Balaban J connectivity index is 1.62. The number of amides is 4. The molecule has 2 N–H and O–H groups in total. The summed E-state index contributed by atoms with van der Waals surface area (Å²) in [6, 6.07) is 8.24. The van der Waals surface area contributed by atoms with Crippen LogP contribution in [0.1, 0.15) is 50.8 Å². The van der Waals surface area contributed by atoms with Crippen LogP contribution in [0.25, 0.3) is 0 Å². The van der Waals surface area contributed by atoms with Gasteiger partial charge in [-0.15, -0.1) is 0 Å². The molecule has 1 aliphatic rings. The third-order valence-corrected chi connectivity index (χ3v) is 5.96. The third kappa shape index (κ3) is 5.24. The number of nitrogens with zero attached hydrogens (tertiary/aromatic N) is 2. The van der Waals surface area contributed by atoms with Crippen molar-refractivity contribution in [1.29, 1.82) is 0 Å². The Kier molecular flexibility index (Phi) is 7.52. The zero-order valence-corrected chi connectivity index (χ0v) is 19.4. The lowest BCUT2D eigenvalue weighted by molar-refractivity contribution is -0.135. The van der Waals surface area contributed by atoms with E-state index in [1.54, 1.807) is 31.6 Å². The summed E-state index contributed by atoms with van der Waals surface area (Å²) in [5.41, 5.74) is 0.847. The molecule has 176 valence electrons. The monoisotopic (exact) mass is 454 g/mol. The zero-order valence-electron chi connectivity index (χ0n) is 19.4. The Morgan fingerprint density at radius 3 is 2.45 bits per heavy atom. The van der Waals surface area contributed by atoms with E-state index in [1.807, 2.05) is 39.0 Å². The molecule has 0 radical (unpaired) electrons. The molecule has 0 aliphatic carbocycles. The van der Waals surface area contributed by atoms with Crippen LogP contribution in [0.2, 0.25) is 0 Å². The van der Waals surface area contributed by atoms with Crippen molar-refractivity contribution >= 4 is 17.8 Å². The van der Waals surface area contributed by atoms with E-state index in [2.05, 4.69) is 15.6 Å². The average Bonchev–Trinajstić information content (AvgIpc) is 3.07. The predicted octanol–water partition coefficient (Wildman–Crippen LogP) is 2.96. The maximum absolute atomic E-state index is 12.7. The van der Waals surface area contributed by atoms with Crippen LogP contribution >= 0.6 is 0 Å². The highest BCUT2D eigenvalue weighted by atomic mass is 16.5. The summed E-state index contributed by atoms with van der Waals surface area (Å²) in [5, 5.41) is 5.57. The minimum Gasteiger partial charge on any atom is -0.493 e. The second-order valence-corrected chi connectivity index (χ2v) is 7.95. The van der Waals surface area contributed by atoms with Crippen LogP contribution in [0.15, 0.2) is 42.7 Å². The van der Waals surface area contributed by atoms with Crippen molar-refractivity contribution in [3.8, 4) is 11.5 Å². The van der Waals surface area contributed by atoms with Gasteiger partial charge in [-0.25, -0.2) is 4.79 Å². The van der Waals surface area contributed by atoms with E-state index in [9.17, 15) is 14.4 Å². The molecule has 2 aromatic rings. The molecule has 1 unspecified atom stereocenters. The normalized spacial score (nSPS) is 15.7. The number of aromatic nitrogens is 1. The van der Waals surface area contributed by atoms with E-state index in [4.69, 9.17) is 9.47 Å². The van der Waals surface area contributed by atoms with Gasteiger partial charge in [0.2, 0.25) is 5.91 Å². The fourth-order valence-corrected chi connectivity index (χ4v) is 3.78. The van der Waals surface area contributed by atoms with Crippen LogP contribution in [0.5, 0.6) is 11.5 Å². The number of ether oxygens (including phenoxy) is 2. The molecule has 0 bridgehead atoms. The van der Waals surface area contributed by atoms with Crippen molar-refractivity contribution in [3.05, 3.63) is 53.9 Å². The van der Waals surface area contributed by atoms with Gasteiger partial charge >= 0.3 is 6.03 Å². The van der Waals surface area contributed by atoms with Crippen molar-refractivity contribution in [3.63, 3.8) is 0 Å². The highest BCUT2D eigenvalue weighted by Gasteiger charge is 2.49. The van der Waals surface area contributed by atoms with Gasteiger partial charge in [0.1, 0.15) is 18.7 Å². The summed E-state index contributed by atoms with van der Waals surface area (Å²) in [7, 11) is 1.55. The Morgan fingerprint density at radius 1 is 1.15 bits per heavy atom. The van der Waals surface area contributed by atoms with E-state index < -0.39 is 17.5 Å². The number of nitrogens with one attached hydrogen (secondary N) is 2. The number of hydrogen-bond donors (Lipinski definition) is 2. The number of urea groups is 1. The first-order chi connectivity index (χ1) is 15.8. The van der Waals surface area contributed by atoms with Crippen LogP contribution in [-0.2, 0) is 16.2 Å². The molecular weight excluding hydrogens is 424 g/mol. The van der Waals surface area contributed by atoms with Crippen LogP contribution in [0.4, 0.5) is 4.79 Å². The minimum absolute atomic E-state index is 0.332. The molecule has 1 fully saturated rings. The smallest absolute Gasteiger partial charge is 0.325 e. The maximum Gasteiger partial charge on any atom is 0.325 e. The number of imide groups is 1. The number of pyridine rings is 1. The van der Waals surface area contributed by atoms with E-state index in [0.717, 1.165) is 16.0 Å². The SMILES string of the molecule is CCC1(CC)NC(=O)N(CC(=O)NC(C)c2ccc(OCc3ccncc3)c(OC)c2)C1=O. The van der Waals surface area contributed by atoms with Gasteiger partial charge in [-0.2, -0.15) is 0 Å². The number of rotatable bonds is 10. The molecule has 1 aromatic heterocycles. The summed E-state index contributed by atoms with van der Waals surface area (Å²) in [6.07, 6.45) is 4.34. The topological polar surface area (TPSA) is 110 Å². The fraction of sp³-hybridized carbons (Fsp3) is 0.417. The summed E-state index contributed by atoms with van der Waals surface area (Å²) in [4.78, 5) is 42.5. The molecule has 3 rings (SSSR count). The van der Waals surface area contributed by atoms with Crippen molar-refractivity contribution in [2.24, 2.45) is 0 Å². The lowest BCUT2D eigenvalue weighted by atomic mass is 9.93. The molecule has 4 amide bonds. The molecule has 9 nitrogen and oxygen atoms in total. The average molecular weight is 455 g/mol. The van der Waals surface area contributed by atoms with Crippen LogP contribution in [0.3, 0.4) is 0 Å². The molecule has 0 spiro atoms. The first-order valence-electron chi connectivity index (χ1n) is 11.0. The molecule has 1 atom stereocenters. The molecule has 1 aliphatic heterocycles. The number of hydrogen-bond acceptors (Lipinski definition) is 6. The lowest BCUT2D eigenvalue weighted by Gasteiger charge is -2.23. The Hall–Kier alpha value is -3.62. The molecule has 2 heterocycles. The van der Waals surface area contributed by atoms with E-state index in [-0.39, 0.29) is 18.5 Å². The lowest BCUT2D eigenvalue weighted by Crippen LogP contribution is -2.46. The van der Waals surface area contributed by atoms with Crippen molar-refractivity contribution in [2.75, 3.05) is 13.7 Å². The quantitative estimate of drug-likeness (QED) is 0.534. The minimum atomic E-state index is -0.928. The third-order valence-electron chi connectivity index (χ3n) is 5.96. The van der Waals surface area contributed by atoms with Gasteiger partial charge in [0, 0.05) is 12.4 Å². The summed E-state index contributed by atoms with van der Waals surface area (Å²) in [5.74, 6) is 0.322. The summed E-state index contributed by atoms with van der Waals surface area (Å²) in [6.45, 7) is 5.53. The number of carbonyl (C=O) groups is 3. The Morgan fingerprint density at radius 2 is 1.85 bits per heavy atom. The van der Waals surface area contributed by atoms with Crippen LogP contribution in [-0.4, -0.2) is 46.9 Å². The summed E-state index contributed by atoms with van der Waals surface area (Å²) < 4.78 is 11.3. The number of methoxy groups -OCH3 is 1. The van der Waals surface area contributed by atoms with E-state index >= 15 is 0 Å². The fourth-order valence-electron chi connectivity index (χ4n) is 3.78. The largest absolute Gasteiger partial charge is 0.493 e. The molecule has 1 saturated heterocycles. The molecular formula is C24H30N4O5. The molecule has 0 saturated carbocycles. The second-order valence-electron chi connectivity index (χ2n) is 7.95. The van der Waals surface area contributed by atoms with Crippen LogP contribution < -0.4 is 20.1 Å². The number of carbonyl (C=O) groups excluding carboxylic acids is 3. The van der Waals surface area contributed by atoms with Crippen LogP contribution in [0, 0.1) is 0 Å². The first kappa shape index (κ1) is 24.0. The van der Waals surface area contributed by atoms with Gasteiger partial charge < -0.3 is 20.1 Å². The maximum atomic E-state index is 12.7. The Labute approximate surface area is 193 Å². The standard InChI is InChI=1S/C24H30N4O5/c1-5-24(6-2)22(30)28(23(31)27-24)14-21(29)26-16(3)18-7-8-19(20(13-18)32-4)33-15-17-9-11-25-12-10-17/h7-13,16H,5-6,14-15H2,1-4H3,(H,26,29)(H,27,31). The molecule has 33 heavy (non-hydrogen) atoms.